The molecule has 1 aliphatic carbocycles. The quantitative estimate of drug-likeness (QED) is 0.169. The Labute approximate surface area is 270 Å². The molecule has 0 radical (unpaired) electrons. The van der Waals surface area contributed by atoms with Gasteiger partial charge in [-0.2, -0.15) is 5.10 Å². The van der Waals surface area contributed by atoms with Crippen molar-refractivity contribution in [1.29, 1.82) is 0 Å². The molecule has 0 saturated carbocycles. The normalized spacial score (nSPS) is 18.3. The lowest BCUT2D eigenvalue weighted by atomic mass is 9.72. The van der Waals surface area contributed by atoms with E-state index in [1.165, 1.54) is 47.3 Å². The fourth-order valence-electron chi connectivity index (χ4n) is 7.82. The van der Waals surface area contributed by atoms with Crippen molar-refractivity contribution in [1.82, 2.24) is 19.3 Å². The van der Waals surface area contributed by atoms with Crippen molar-refractivity contribution in [3.05, 3.63) is 119 Å². The number of ether oxygens (including phenoxy) is 1. The summed E-state index contributed by atoms with van der Waals surface area (Å²) in [7, 11) is 0. The largest absolute Gasteiger partial charge is 0.457 e. The first-order valence-corrected chi connectivity index (χ1v) is 16.5. The number of allylic oxidation sites excluding steroid dienone is 2. The zero-order valence-electron chi connectivity index (χ0n) is 27.5. The molecular formula is C40H41FN4O. The van der Waals surface area contributed by atoms with Crippen molar-refractivity contribution < 1.29 is 9.13 Å². The molecule has 1 aliphatic rings. The van der Waals surface area contributed by atoms with Gasteiger partial charge >= 0.3 is 0 Å². The minimum atomic E-state index is -0.325. The van der Waals surface area contributed by atoms with Crippen LogP contribution >= 0.6 is 0 Å². The maximum atomic E-state index is 14.3. The first-order chi connectivity index (χ1) is 22.2. The maximum Gasteiger partial charge on any atom is 0.140 e. The highest BCUT2D eigenvalue weighted by Gasteiger charge is 2.32. The van der Waals surface area contributed by atoms with Crippen LogP contribution in [0.5, 0.6) is 11.5 Å². The smallest absolute Gasteiger partial charge is 0.140 e. The lowest BCUT2D eigenvalue weighted by Gasteiger charge is -2.33. The van der Waals surface area contributed by atoms with E-state index in [1.54, 1.807) is 0 Å². The van der Waals surface area contributed by atoms with Gasteiger partial charge in [0.2, 0.25) is 0 Å². The molecule has 0 saturated heterocycles. The second-order valence-electron chi connectivity index (χ2n) is 13.0. The second kappa shape index (κ2) is 11.9. The van der Waals surface area contributed by atoms with E-state index in [0.717, 1.165) is 51.6 Å². The summed E-state index contributed by atoms with van der Waals surface area (Å²) >= 11 is 0. The third-order valence-corrected chi connectivity index (χ3v) is 9.53. The third-order valence-electron chi connectivity index (χ3n) is 9.53. The van der Waals surface area contributed by atoms with Crippen molar-refractivity contribution in [3.63, 3.8) is 0 Å². The van der Waals surface area contributed by atoms with Gasteiger partial charge in [-0.1, -0.05) is 57.5 Å². The van der Waals surface area contributed by atoms with E-state index in [-0.39, 0.29) is 5.82 Å². The number of rotatable bonds is 7. The summed E-state index contributed by atoms with van der Waals surface area (Å²) in [6.45, 7) is 13.6. The minimum Gasteiger partial charge on any atom is -0.457 e. The molecular weight excluding hydrogens is 571 g/mol. The molecule has 0 spiro atoms. The van der Waals surface area contributed by atoms with E-state index in [0.29, 0.717) is 29.3 Å². The van der Waals surface area contributed by atoms with Gasteiger partial charge in [-0.3, -0.25) is 4.57 Å². The number of fused-ring (bicyclic) bond motifs is 3. The summed E-state index contributed by atoms with van der Waals surface area (Å²) in [5, 5.41) is 7.36. The van der Waals surface area contributed by atoms with Crippen LogP contribution in [0, 0.1) is 24.6 Å². The monoisotopic (exact) mass is 612 g/mol. The number of benzene rings is 3. The topological polar surface area (TPSA) is 44.9 Å². The number of hydrogen-bond acceptors (Lipinski definition) is 3. The van der Waals surface area contributed by atoms with E-state index in [1.807, 2.05) is 34.9 Å². The summed E-state index contributed by atoms with van der Waals surface area (Å²) < 4.78 is 25.0. The van der Waals surface area contributed by atoms with Crippen LogP contribution in [0.3, 0.4) is 0 Å². The van der Waals surface area contributed by atoms with Gasteiger partial charge in [0.25, 0.3) is 0 Å². The molecule has 3 aromatic carbocycles. The minimum absolute atomic E-state index is 0.325. The van der Waals surface area contributed by atoms with Crippen LogP contribution < -0.4 is 4.74 Å². The average molecular weight is 613 g/mol. The van der Waals surface area contributed by atoms with Crippen LogP contribution in [-0.4, -0.2) is 19.3 Å². The Balaban J connectivity index is 1.31. The molecule has 3 atom stereocenters. The first kappa shape index (κ1) is 30.0. The van der Waals surface area contributed by atoms with E-state index in [4.69, 9.17) is 9.84 Å². The average Bonchev–Trinajstić information content (AvgIpc) is 3.55. The van der Waals surface area contributed by atoms with Crippen LogP contribution in [0.1, 0.15) is 69.5 Å². The number of hydrogen-bond donors (Lipinski definition) is 0. The number of para-hydroxylation sites is 1. The fraction of sp³-hybridized carbons (Fsp3) is 0.300. The highest BCUT2D eigenvalue weighted by atomic mass is 19.1. The number of halogens is 1. The lowest BCUT2D eigenvalue weighted by Crippen LogP contribution is -2.21. The Kier molecular flexibility index (Phi) is 7.75. The molecule has 0 bridgehead atoms. The molecule has 6 heteroatoms. The van der Waals surface area contributed by atoms with Gasteiger partial charge in [0.05, 0.1) is 22.4 Å². The van der Waals surface area contributed by atoms with Crippen molar-refractivity contribution in [2.75, 3.05) is 0 Å². The van der Waals surface area contributed by atoms with Crippen molar-refractivity contribution in [2.24, 2.45) is 11.8 Å². The van der Waals surface area contributed by atoms with Gasteiger partial charge in [-0.25, -0.2) is 14.1 Å². The van der Waals surface area contributed by atoms with Gasteiger partial charge in [-0.05, 0) is 86.9 Å². The zero-order valence-corrected chi connectivity index (χ0v) is 27.5. The van der Waals surface area contributed by atoms with Crippen molar-refractivity contribution in [2.45, 2.75) is 66.7 Å². The SMILES string of the molecule is CCc1nn(-c2cc(C)cc(Oc3ccc4c5ccccc5n(-c5cc(F)ccn5)c4c3)c2)c(CC)c1[C@@H]1C(C)=CC(C)C[C@@H]1C. The standard InChI is InChI=1S/C40H41FN4O/c1-7-34-40(39-26(5)17-24(3)18-27(39)6)35(8-2)45(43-34)29-19-25(4)20-31(22-29)46-30-13-14-33-32-11-9-10-12-36(32)44(37(33)23-30)38-21-28(41)15-16-42-38/h9-17,19-24,27,39H,7-8,18H2,1-6H3/t24?,27-,39+/m0/s1. The first-order valence-electron chi connectivity index (χ1n) is 16.5. The summed E-state index contributed by atoms with van der Waals surface area (Å²) in [5.41, 5.74) is 9.30. The van der Waals surface area contributed by atoms with E-state index < -0.39 is 0 Å². The van der Waals surface area contributed by atoms with Crippen LogP contribution in [0.15, 0.2) is 90.6 Å². The molecule has 0 fully saturated rings. The molecule has 234 valence electrons. The Morgan fingerprint density at radius 2 is 1.67 bits per heavy atom. The van der Waals surface area contributed by atoms with Gasteiger partial charge < -0.3 is 4.74 Å². The highest BCUT2D eigenvalue weighted by Crippen LogP contribution is 2.44. The molecule has 3 aromatic heterocycles. The summed E-state index contributed by atoms with van der Waals surface area (Å²) in [6, 6.07) is 23.4. The summed E-state index contributed by atoms with van der Waals surface area (Å²) in [5.74, 6) is 3.21. The Bertz CT molecular complexity index is 2120. The molecule has 3 heterocycles. The number of pyridine rings is 1. The molecule has 5 nitrogen and oxygen atoms in total. The molecule has 6 aromatic rings. The molecule has 0 aliphatic heterocycles. The maximum absolute atomic E-state index is 14.3. The van der Waals surface area contributed by atoms with E-state index in [2.05, 4.69) is 87.6 Å². The second-order valence-corrected chi connectivity index (χ2v) is 13.0. The number of nitrogens with zero attached hydrogens (tertiary/aromatic N) is 4. The van der Waals surface area contributed by atoms with Crippen molar-refractivity contribution >= 4 is 21.8 Å². The van der Waals surface area contributed by atoms with Crippen LogP contribution in [0.25, 0.3) is 33.3 Å². The highest BCUT2D eigenvalue weighted by molar-refractivity contribution is 6.09. The van der Waals surface area contributed by atoms with Crippen LogP contribution in [0.4, 0.5) is 4.39 Å². The Morgan fingerprint density at radius 3 is 2.43 bits per heavy atom. The van der Waals surface area contributed by atoms with E-state index in [9.17, 15) is 4.39 Å². The molecule has 46 heavy (non-hydrogen) atoms. The predicted molar refractivity (Wildman–Crippen MR) is 185 cm³/mol. The number of aryl methyl sites for hydroxylation is 2. The van der Waals surface area contributed by atoms with Crippen molar-refractivity contribution in [3.8, 4) is 23.0 Å². The Morgan fingerprint density at radius 1 is 0.870 bits per heavy atom. The van der Waals surface area contributed by atoms with Gasteiger partial charge in [-0.15, -0.1) is 0 Å². The lowest BCUT2D eigenvalue weighted by molar-refractivity contribution is 0.389. The zero-order chi connectivity index (χ0) is 32.1. The molecule has 0 amide bonds. The molecule has 1 unspecified atom stereocenters. The van der Waals surface area contributed by atoms with Gasteiger partial charge in [0.15, 0.2) is 0 Å². The van der Waals surface area contributed by atoms with Crippen LogP contribution in [0.2, 0.25) is 0 Å². The number of aromatic nitrogens is 4. The Hall–Kier alpha value is -4.71. The van der Waals surface area contributed by atoms with Gasteiger partial charge in [0.1, 0.15) is 23.1 Å². The van der Waals surface area contributed by atoms with E-state index >= 15 is 0 Å². The summed E-state index contributed by atoms with van der Waals surface area (Å²) in [6.07, 6.45) is 6.95. The molecule has 0 N–H and O–H groups in total. The summed E-state index contributed by atoms with van der Waals surface area (Å²) in [4.78, 5) is 4.50. The van der Waals surface area contributed by atoms with Crippen LogP contribution in [-0.2, 0) is 12.8 Å². The molecule has 7 rings (SSSR count). The van der Waals surface area contributed by atoms with Gasteiger partial charge in [0, 0.05) is 52.3 Å². The predicted octanol–water partition coefficient (Wildman–Crippen LogP) is 10.4. The third kappa shape index (κ3) is 5.20. The fourth-order valence-corrected chi connectivity index (χ4v) is 7.82.